The molecule has 1 aromatic carbocycles. The Labute approximate surface area is 121 Å². The minimum Gasteiger partial charge on any atom is -0.381 e. The zero-order chi connectivity index (χ0) is 14.7. The van der Waals surface area contributed by atoms with Gasteiger partial charge in [0, 0.05) is 36.4 Å². The predicted molar refractivity (Wildman–Crippen MR) is 83.3 cm³/mol. The molecule has 0 bridgehead atoms. The molecule has 1 aromatic rings. The summed E-state index contributed by atoms with van der Waals surface area (Å²) >= 11 is 0. The zero-order valence-electron chi connectivity index (χ0n) is 12.9. The molecule has 20 heavy (non-hydrogen) atoms. The Morgan fingerprint density at radius 3 is 2.80 bits per heavy atom. The van der Waals surface area contributed by atoms with Crippen LogP contribution in [0.15, 0.2) is 18.2 Å². The molecular formula is C16H25N3O. The van der Waals surface area contributed by atoms with Crippen LogP contribution in [0.2, 0.25) is 0 Å². The Morgan fingerprint density at radius 1 is 1.45 bits per heavy atom. The van der Waals surface area contributed by atoms with E-state index in [1.165, 1.54) is 5.56 Å². The summed E-state index contributed by atoms with van der Waals surface area (Å²) in [6.07, 6.45) is 1.14. The van der Waals surface area contributed by atoms with Crippen LogP contribution in [0.5, 0.6) is 0 Å². The number of amides is 1. The molecule has 2 atom stereocenters. The molecule has 1 aliphatic heterocycles. The maximum atomic E-state index is 11.9. The third-order valence-electron chi connectivity index (χ3n) is 4.08. The number of likely N-dealkylation sites (N-methyl/N-ethyl adjacent to an activating group) is 1. The summed E-state index contributed by atoms with van der Waals surface area (Å²) < 4.78 is 0. The maximum Gasteiger partial charge on any atom is 0.251 e. The van der Waals surface area contributed by atoms with E-state index in [2.05, 4.69) is 36.4 Å². The smallest absolute Gasteiger partial charge is 0.251 e. The van der Waals surface area contributed by atoms with Gasteiger partial charge < -0.3 is 15.5 Å². The summed E-state index contributed by atoms with van der Waals surface area (Å²) in [6.45, 7) is 7.96. The standard InChI is InChI=1S/C16H25N3O/c1-5-17-16(20)13-7-6-11(2)15(9-13)18-14-8-12(3)19(4)10-14/h6-7,9,12,14,18H,5,8,10H2,1-4H3,(H,17,20). The van der Waals surface area contributed by atoms with E-state index in [9.17, 15) is 4.79 Å². The Balaban J connectivity index is 2.11. The number of carbonyl (C=O) groups excluding carboxylic acids is 1. The second-order valence-corrected chi connectivity index (χ2v) is 5.75. The second kappa shape index (κ2) is 6.27. The summed E-state index contributed by atoms with van der Waals surface area (Å²) in [7, 11) is 2.16. The Bertz CT molecular complexity index is 477. The summed E-state index contributed by atoms with van der Waals surface area (Å²) in [4.78, 5) is 14.3. The van der Waals surface area contributed by atoms with Crippen molar-refractivity contribution in [1.29, 1.82) is 0 Å². The summed E-state index contributed by atoms with van der Waals surface area (Å²) in [5, 5.41) is 6.43. The predicted octanol–water partition coefficient (Wildman–Crippen LogP) is 2.25. The van der Waals surface area contributed by atoms with Crippen molar-refractivity contribution in [2.45, 2.75) is 39.3 Å². The van der Waals surface area contributed by atoms with Gasteiger partial charge in [0.05, 0.1) is 0 Å². The monoisotopic (exact) mass is 275 g/mol. The van der Waals surface area contributed by atoms with E-state index in [-0.39, 0.29) is 5.91 Å². The van der Waals surface area contributed by atoms with E-state index in [0.717, 1.165) is 24.2 Å². The molecule has 2 unspecified atom stereocenters. The first-order valence-electron chi connectivity index (χ1n) is 7.37. The van der Waals surface area contributed by atoms with E-state index in [0.29, 0.717) is 18.6 Å². The van der Waals surface area contributed by atoms with Crippen LogP contribution < -0.4 is 10.6 Å². The molecule has 1 heterocycles. The largest absolute Gasteiger partial charge is 0.381 e. The van der Waals surface area contributed by atoms with Crippen molar-refractivity contribution in [2.75, 3.05) is 25.5 Å². The van der Waals surface area contributed by atoms with Crippen LogP contribution >= 0.6 is 0 Å². The average molecular weight is 275 g/mol. The van der Waals surface area contributed by atoms with Gasteiger partial charge in [0.1, 0.15) is 0 Å². The lowest BCUT2D eigenvalue weighted by molar-refractivity contribution is 0.0956. The minimum atomic E-state index is -0.00698. The van der Waals surface area contributed by atoms with Gasteiger partial charge in [-0.2, -0.15) is 0 Å². The Morgan fingerprint density at radius 2 is 2.20 bits per heavy atom. The van der Waals surface area contributed by atoms with Gasteiger partial charge in [-0.25, -0.2) is 0 Å². The number of carbonyl (C=O) groups is 1. The van der Waals surface area contributed by atoms with Crippen LogP contribution in [0.25, 0.3) is 0 Å². The number of aryl methyl sites for hydroxylation is 1. The fourth-order valence-electron chi connectivity index (χ4n) is 2.70. The lowest BCUT2D eigenvalue weighted by atomic mass is 10.1. The molecule has 0 radical (unpaired) electrons. The van der Waals surface area contributed by atoms with Gasteiger partial charge in [0.25, 0.3) is 5.91 Å². The highest BCUT2D eigenvalue weighted by atomic mass is 16.1. The van der Waals surface area contributed by atoms with Gasteiger partial charge in [-0.05, 0) is 51.9 Å². The van der Waals surface area contributed by atoms with E-state index < -0.39 is 0 Å². The number of nitrogens with zero attached hydrogens (tertiary/aromatic N) is 1. The highest BCUT2D eigenvalue weighted by molar-refractivity contribution is 5.95. The van der Waals surface area contributed by atoms with E-state index in [1.54, 1.807) is 0 Å². The molecule has 0 saturated carbocycles. The van der Waals surface area contributed by atoms with Gasteiger partial charge >= 0.3 is 0 Å². The molecule has 1 aliphatic rings. The van der Waals surface area contributed by atoms with Gasteiger partial charge in [-0.3, -0.25) is 4.79 Å². The first-order valence-corrected chi connectivity index (χ1v) is 7.37. The molecule has 2 N–H and O–H groups in total. The second-order valence-electron chi connectivity index (χ2n) is 5.75. The fourth-order valence-corrected chi connectivity index (χ4v) is 2.70. The molecule has 2 rings (SSSR count). The average Bonchev–Trinajstić information content (AvgIpc) is 2.71. The van der Waals surface area contributed by atoms with E-state index in [1.807, 2.05) is 25.1 Å². The van der Waals surface area contributed by atoms with Gasteiger partial charge in [-0.1, -0.05) is 6.07 Å². The van der Waals surface area contributed by atoms with E-state index in [4.69, 9.17) is 0 Å². The lowest BCUT2D eigenvalue weighted by Crippen LogP contribution is -2.26. The number of rotatable bonds is 4. The summed E-state index contributed by atoms with van der Waals surface area (Å²) in [5.74, 6) is -0.00698. The number of benzene rings is 1. The third-order valence-corrected chi connectivity index (χ3v) is 4.08. The first-order chi connectivity index (χ1) is 9.51. The molecule has 4 nitrogen and oxygen atoms in total. The zero-order valence-corrected chi connectivity index (χ0v) is 12.9. The van der Waals surface area contributed by atoms with Crippen LogP contribution in [0, 0.1) is 6.92 Å². The van der Waals surface area contributed by atoms with Crippen molar-refractivity contribution in [1.82, 2.24) is 10.2 Å². The molecule has 110 valence electrons. The van der Waals surface area contributed by atoms with Crippen molar-refractivity contribution in [2.24, 2.45) is 0 Å². The number of hydrogen-bond acceptors (Lipinski definition) is 3. The van der Waals surface area contributed by atoms with Crippen LogP contribution in [-0.2, 0) is 0 Å². The number of anilines is 1. The summed E-state index contributed by atoms with van der Waals surface area (Å²) in [6, 6.07) is 6.92. The van der Waals surface area contributed by atoms with Crippen molar-refractivity contribution >= 4 is 11.6 Å². The highest BCUT2D eigenvalue weighted by Crippen LogP contribution is 2.23. The highest BCUT2D eigenvalue weighted by Gasteiger charge is 2.26. The van der Waals surface area contributed by atoms with Gasteiger partial charge in [0.2, 0.25) is 0 Å². The quantitative estimate of drug-likeness (QED) is 0.886. The van der Waals surface area contributed by atoms with Crippen molar-refractivity contribution in [3.8, 4) is 0 Å². The SMILES string of the molecule is CCNC(=O)c1ccc(C)c(NC2CC(C)N(C)C2)c1. The number of likely N-dealkylation sites (tertiary alicyclic amines) is 1. The van der Waals surface area contributed by atoms with Crippen molar-refractivity contribution in [3.63, 3.8) is 0 Å². The first kappa shape index (κ1) is 14.9. The number of nitrogens with one attached hydrogen (secondary N) is 2. The fraction of sp³-hybridized carbons (Fsp3) is 0.562. The van der Waals surface area contributed by atoms with Crippen LogP contribution in [0.3, 0.4) is 0 Å². The summed E-state index contributed by atoms with van der Waals surface area (Å²) in [5.41, 5.74) is 2.97. The van der Waals surface area contributed by atoms with Crippen molar-refractivity contribution in [3.05, 3.63) is 29.3 Å². The van der Waals surface area contributed by atoms with Gasteiger partial charge in [-0.15, -0.1) is 0 Å². The third kappa shape index (κ3) is 3.31. The number of hydrogen-bond donors (Lipinski definition) is 2. The normalized spacial score (nSPS) is 22.8. The molecule has 0 spiro atoms. The molecule has 0 aliphatic carbocycles. The van der Waals surface area contributed by atoms with Crippen molar-refractivity contribution < 1.29 is 4.79 Å². The van der Waals surface area contributed by atoms with Crippen LogP contribution in [0.4, 0.5) is 5.69 Å². The maximum absolute atomic E-state index is 11.9. The molecule has 1 saturated heterocycles. The molecule has 4 heteroatoms. The molecular weight excluding hydrogens is 250 g/mol. The van der Waals surface area contributed by atoms with E-state index >= 15 is 0 Å². The molecule has 1 amide bonds. The van der Waals surface area contributed by atoms with Crippen LogP contribution in [-0.4, -0.2) is 43.0 Å². The Kier molecular flexibility index (Phi) is 4.65. The Hall–Kier alpha value is -1.55. The lowest BCUT2D eigenvalue weighted by Gasteiger charge is -2.17. The molecule has 1 fully saturated rings. The topological polar surface area (TPSA) is 44.4 Å². The van der Waals surface area contributed by atoms with Gasteiger partial charge in [0.15, 0.2) is 0 Å². The minimum absolute atomic E-state index is 0.00698. The molecule has 0 aromatic heterocycles. The van der Waals surface area contributed by atoms with Crippen LogP contribution in [0.1, 0.15) is 36.2 Å².